The Labute approximate surface area is 174 Å². The minimum absolute atomic E-state index is 0.0733. The van der Waals surface area contributed by atoms with Gasteiger partial charge in [-0.1, -0.05) is 23.7 Å². The second-order valence-corrected chi connectivity index (χ2v) is 8.77. The third-order valence-electron chi connectivity index (χ3n) is 5.55. The molecule has 0 radical (unpaired) electrons. The first-order valence-electron chi connectivity index (χ1n) is 9.30. The number of hydrogen-bond donors (Lipinski definition) is 1. The Kier molecular flexibility index (Phi) is 5.27. The van der Waals surface area contributed by atoms with Gasteiger partial charge in [0.05, 0.1) is 16.3 Å². The molecule has 0 spiro atoms. The summed E-state index contributed by atoms with van der Waals surface area (Å²) in [5.41, 5.74) is 1.22. The number of likely N-dealkylation sites (tertiary alicyclic amines) is 1. The second-order valence-electron chi connectivity index (χ2n) is 7.33. The topological polar surface area (TPSA) is 88.6 Å². The Morgan fingerprint density at radius 3 is 2.41 bits per heavy atom. The standard InChI is InChI=1S/C21H18ClNO5S/c22-17-3-1-2-15-18(17)20(25)14-5-4-13(10-16(14)19(15)24)21(26)23-8-6-12(7-9-23)11-29(27)28/h1-5,10,12,29H,6-9,11H2. The van der Waals surface area contributed by atoms with Crippen LogP contribution in [-0.4, -0.2) is 49.6 Å². The lowest BCUT2D eigenvalue weighted by Crippen LogP contribution is -2.39. The van der Waals surface area contributed by atoms with Crippen LogP contribution in [-0.2, 0) is 10.7 Å². The van der Waals surface area contributed by atoms with Crippen molar-refractivity contribution in [3.8, 4) is 0 Å². The molecule has 29 heavy (non-hydrogen) atoms. The van der Waals surface area contributed by atoms with Crippen LogP contribution in [0.15, 0.2) is 36.4 Å². The van der Waals surface area contributed by atoms with Crippen molar-refractivity contribution >= 4 is 39.8 Å². The molecule has 1 saturated heterocycles. The maximum Gasteiger partial charge on any atom is 0.253 e. The van der Waals surface area contributed by atoms with Gasteiger partial charge in [-0.05, 0) is 43.0 Å². The van der Waals surface area contributed by atoms with Crippen molar-refractivity contribution in [2.75, 3.05) is 18.8 Å². The first kappa shape index (κ1) is 19.8. The van der Waals surface area contributed by atoms with Gasteiger partial charge < -0.3 is 4.90 Å². The predicted octanol–water partition coefficient (Wildman–Crippen LogP) is 2.58. The van der Waals surface area contributed by atoms with Gasteiger partial charge in [-0.3, -0.25) is 14.4 Å². The van der Waals surface area contributed by atoms with Crippen LogP contribution in [0, 0.1) is 5.92 Å². The van der Waals surface area contributed by atoms with Crippen LogP contribution >= 0.6 is 11.6 Å². The number of hydrogen-bond acceptors (Lipinski definition) is 5. The number of piperidine rings is 1. The minimum atomic E-state index is -2.42. The van der Waals surface area contributed by atoms with Crippen LogP contribution in [0.2, 0.25) is 5.02 Å². The highest BCUT2D eigenvalue weighted by molar-refractivity contribution is 7.72. The summed E-state index contributed by atoms with van der Waals surface area (Å²) in [5, 5.41) is 0.231. The fourth-order valence-electron chi connectivity index (χ4n) is 4.00. The number of carbonyl (C=O) groups excluding carboxylic acids is 3. The summed E-state index contributed by atoms with van der Waals surface area (Å²) in [7, 11) is -2.42. The lowest BCUT2D eigenvalue weighted by atomic mass is 9.83. The highest BCUT2D eigenvalue weighted by Crippen LogP contribution is 2.32. The molecule has 1 aliphatic heterocycles. The molecule has 0 aromatic heterocycles. The number of ketones is 2. The number of rotatable bonds is 3. The van der Waals surface area contributed by atoms with Crippen molar-refractivity contribution in [1.82, 2.24) is 4.90 Å². The Morgan fingerprint density at radius 1 is 1.00 bits per heavy atom. The van der Waals surface area contributed by atoms with E-state index in [9.17, 15) is 22.8 Å². The van der Waals surface area contributed by atoms with Crippen molar-refractivity contribution in [1.29, 1.82) is 0 Å². The number of benzene rings is 2. The van der Waals surface area contributed by atoms with Gasteiger partial charge in [-0.15, -0.1) is 0 Å². The average molecular weight is 432 g/mol. The van der Waals surface area contributed by atoms with E-state index in [0.717, 1.165) is 0 Å². The first-order valence-corrected chi connectivity index (χ1v) is 11.0. The lowest BCUT2D eigenvalue weighted by Gasteiger charge is -2.31. The number of halogens is 1. The van der Waals surface area contributed by atoms with Gasteiger partial charge in [0.15, 0.2) is 11.6 Å². The zero-order valence-corrected chi connectivity index (χ0v) is 17.0. The number of thiol groups is 1. The zero-order valence-electron chi connectivity index (χ0n) is 15.4. The molecule has 1 amide bonds. The highest BCUT2D eigenvalue weighted by atomic mass is 35.5. The van der Waals surface area contributed by atoms with Crippen molar-refractivity contribution < 1.29 is 22.8 Å². The van der Waals surface area contributed by atoms with Crippen molar-refractivity contribution in [3.05, 3.63) is 69.2 Å². The smallest absolute Gasteiger partial charge is 0.253 e. The van der Waals surface area contributed by atoms with E-state index in [2.05, 4.69) is 0 Å². The van der Waals surface area contributed by atoms with Crippen molar-refractivity contribution in [3.63, 3.8) is 0 Å². The highest BCUT2D eigenvalue weighted by Gasteiger charge is 2.32. The van der Waals surface area contributed by atoms with Crippen molar-refractivity contribution in [2.45, 2.75) is 12.8 Å². The van der Waals surface area contributed by atoms with Gasteiger partial charge in [-0.25, -0.2) is 8.42 Å². The Balaban J connectivity index is 1.59. The zero-order chi connectivity index (χ0) is 20.7. The van der Waals surface area contributed by atoms with Gasteiger partial charge >= 0.3 is 0 Å². The van der Waals surface area contributed by atoms with Crippen molar-refractivity contribution in [2.24, 2.45) is 5.92 Å². The van der Waals surface area contributed by atoms with Crippen LogP contribution in [0.1, 0.15) is 55.0 Å². The quantitative estimate of drug-likeness (QED) is 0.644. The second kappa shape index (κ2) is 7.72. The van der Waals surface area contributed by atoms with Crippen LogP contribution in [0.3, 0.4) is 0 Å². The fourth-order valence-corrected chi connectivity index (χ4v) is 5.05. The Morgan fingerprint density at radius 2 is 1.72 bits per heavy atom. The lowest BCUT2D eigenvalue weighted by molar-refractivity contribution is 0.0698. The molecular weight excluding hydrogens is 414 g/mol. The summed E-state index contributed by atoms with van der Waals surface area (Å²) in [4.78, 5) is 40.3. The summed E-state index contributed by atoms with van der Waals surface area (Å²) >= 11 is 6.12. The molecule has 1 aliphatic carbocycles. The molecule has 1 fully saturated rings. The van der Waals surface area contributed by atoms with E-state index in [4.69, 9.17) is 11.6 Å². The number of nitrogens with zero attached hydrogens (tertiary/aromatic N) is 1. The largest absolute Gasteiger partial charge is 0.339 e. The molecule has 150 valence electrons. The van der Waals surface area contributed by atoms with Gasteiger partial charge in [0.2, 0.25) is 0 Å². The minimum Gasteiger partial charge on any atom is -0.339 e. The van der Waals surface area contributed by atoms with Crippen LogP contribution in [0.5, 0.6) is 0 Å². The normalized spacial score (nSPS) is 16.7. The van der Waals surface area contributed by atoms with Gasteiger partial charge in [0, 0.05) is 35.3 Å². The van der Waals surface area contributed by atoms with E-state index < -0.39 is 10.7 Å². The van der Waals surface area contributed by atoms with Gasteiger partial charge in [0.25, 0.3) is 5.91 Å². The summed E-state index contributed by atoms with van der Waals surface area (Å²) in [6.07, 6.45) is 1.26. The molecule has 2 aromatic rings. The molecule has 6 nitrogen and oxygen atoms in total. The Hall–Kier alpha value is -2.51. The molecule has 4 rings (SSSR count). The molecular formula is C21H18ClNO5S. The van der Waals surface area contributed by atoms with E-state index in [0.29, 0.717) is 31.5 Å². The van der Waals surface area contributed by atoms with Gasteiger partial charge in [0.1, 0.15) is 10.7 Å². The van der Waals surface area contributed by atoms with E-state index >= 15 is 0 Å². The van der Waals surface area contributed by atoms with Crippen LogP contribution in [0.25, 0.3) is 0 Å². The Bertz CT molecular complexity index is 1110. The molecule has 2 aliphatic rings. The summed E-state index contributed by atoms with van der Waals surface area (Å²) in [6, 6.07) is 9.28. The molecule has 8 heteroatoms. The number of amides is 1. The van der Waals surface area contributed by atoms with Crippen LogP contribution < -0.4 is 0 Å². The third kappa shape index (κ3) is 3.60. The summed E-state index contributed by atoms with van der Waals surface area (Å²) < 4.78 is 21.8. The molecule has 0 N–H and O–H groups in total. The van der Waals surface area contributed by atoms with E-state index in [1.165, 1.54) is 12.1 Å². The average Bonchev–Trinajstić information content (AvgIpc) is 2.71. The van der Waals surface area contributed by atoms with Gasteiger partial charge in [-0.2, -0.15) is 0 Å². The molecule has 0 atom stereocenters. The molecule has 0 bridgehead atoms. The SMILES string of the molecule is O=C1c2cc(C(=O)N3CCC(C[SH](=O)=O)CC3)ccc2C(=O)c2c(Cl)cccc21. The molecule has 0 saturated carbocycles. The monoisotopic (exact) mass is 431 g/mol. The maximum atomic E-state index is 12.9. The summed E-state index contributed by atoms with van der Waals surface area (Å²) in [6.45, 7) is 0.935. The van der Waals surface area contributed by atoms with E-state index in [1.54, 1.807) is 29.2 Å². The fraction of sp³-hybridized carbons (Fsp3) is 0.286. The number of fused-ring (bicyclic) bond motifs is 2. The molecule has 2 aromatic carbocycles. The predicted molar refractivity (Wildman–Crippen MR) is 109 cm³/mol. The maximum absolute atomic E-state index is 12.9. The number of carbonyl (C=O) groups is 3. The van der Waals surface area contributed by atoms with Crippen LogP contribution in [0.4, 0.5) is 0 Å². The molecule has 0 unspecified atom stereocenters. The third-order valence-corrected chi connectivity index (χ3v) is 6.68. The van der Waals surface area contributed by atoms with E-state index in [-0.39, 0.29) is 56.4 Å². The van der Waals surface area contributed by atoms with E-state index in [1.807, 2.05) is 0 Å². The summed E-state index contributed by atoms with van der Waals surface area (Å²) in [5.74, 6) is -0.662. The molecule has 1 heterocycles. The first-order chi connectivity index (χ1) is 13.9.